The van der Waals surface area contributed by atoms with Gasteiger partial charge in [0.05, 0.1) is 12.3 Å². The third-order valence-corrected chi connectivity index (χ3v) is 6.89. The van der Waals surface area contributed by atoms with Crippen LogP contribution in [-0.2, 0) is 25.9 Å². The molecule has 2 aromatic heterocycles. The van der Waals surface area contributed by atoms with Crippen molar-refractivity contribution >= 4 is 5.91 Å². The van der Waals surface area contributed by atoms with Crippen LogP contribution in [0, 0.1) is 0 Å². The van der Waals surface area contributed by atoms with Crippen LogP contribution in [0.5, 0.6) is 0 Å². The number of fused-ring (bicyclic) bond motifs is 4. The number of hydrogen-bond donors (Lipinski definition) is 1. The molecule has 0 saturated heterocycles. The molecule has 0 unspecified atom stereocenters. The van der Waals surface area contributed by atoms with Crippen LogP contribution in [0.25, 0.3) is 11.1 Å². The summed E-state index contributed by atoms with van der Waals surface area (Å²) in [5.41, 5.74) is 6.94. The number of nitrogens with zero attached hydrogens (tertiary/aromatic N) is 4. The Hall–Kier alpha value is -3.71. The first-order valence-electron chi connectivity index (χ1n) is 11.8. The molecule has 1 amide bonds. The van der Waals surface area contributed by atoms with Gasteiger partial charge >= 0.3 is 0 Å². The lowest BCUT2D eigenvalue weighted by Gasteiger charge is -2.20. The molecule has 6 rings (SSSR count). The fourth-order valence-electron chi connectivity index (χ4n) is 5.16. The molecule has 0 radical (unpaired) electrons. The van der Waals surface area contributed by atoms with E-state index in [2.05, 4.69) is 67.4 Å². The van der Waals surface area contributed by atoms with Crippen LogP contribution in [0.3, 0.4) is 0 Å². The molecule has 2 aromatic carbocycles. The van der Waals surface area contributed by atoms with Crippen LogP contribution in [-0.4, -0.2) is 38.7 Å². The number of carbonyl (C=O) groups is 1. The van der Waals surface area contributed by atoms with Crippen LogP contribution in [0.15, 0.2) is 65.3 Å². The maximum atomic E-state index is 12.4. The van der Waals surface area contributed by atoms with E-state index < -0.39 is 0 Å². The summed E-state index contributed by atoms with van der Waals surface area (Å²) in [4.78, 5) is 14.9. The third-order valence-electron chi connectivity index (χ3n) is 6.89. The summed E-state index contributed by atoms with van der Waals surface area (Å²) in [6, 6.07) is 18.7. The van der Waals surface area contributed by atoms with Crippen molar-refractivity contribution in [1.29, 1.82) is 0 Å². The van der Waals surface area contributed by atoms with Crippen LogP contribution >= 0.6 is 0 Å². The molecule has 4 aromatic rings. The number of furan rings is 1. The van der Waals surface area contributed by atoms with Crippen LogP contribution in [0.4, 0.5) is 0 Å². The quantitative estimate of drug-likeness (QED) is 0.435. The van der Waals surface area contributed by atoms with E-state index in [0.29, 0.717) is 5.76 Å². The fraction of sp³-hybridized carbons (Fsp3) is 0.296. The van der Waals surface area contributed by atoms with Gasteiger partial charge in [-0.05, 0) is 53.3 Å². The average Bonchev–Trinajstić information content (AvgIpc) is 3.56. The molecule has 1 aliphatic heterocycles. The molecule has 7 heteroatoms. The second kappa shape index (κ2) is 8.57. The van der Waals surface area contributed by atoms with Gasteiger partial charge < -0.3 is 14.3 Å². The second-order valence-electron chi connectivity index (χ2n) is 9.15. The van der Waals surface area contributed by atoms with E-state index >= 15 is 0 Å². The van der Waals surface area contributed by atoms with Crippen molar-refractivity contribution in [3.8, 4) is 11.1 Å². The van der Waals surface area contributed by atoms with E-state index in [9.17, 15) is 4.79 Å². The van der Waals surface area contributed by atoms with Crippen LogP contribution in [0.1, 0.15) is 51.9 Å². The zero-order chi connectivity index (χ0) is 23.1. The summed E-state index contributed by atoms with van der Waals surface area (Å²) >= 11 is 0. The predicted molar refractivity (Wildman–Crippen MR) is 128 cm³/mol. The van der Waals surface area contributed by atoms with E-state index in [4.69, 9.17) is 4.42 Å². The highest BCUT2D eigenvalue weighted by atomic mass is 16.3. The van der Waals surface area contributed by atoms with Crippen molar-refractivity contribution in [1.82, 2.24) is 25.0 Å². The fourth-order valence-corrected chi connectivity index (χ4v) is 5.16. The monoisotopic (exact) mass is 453 g/mol. The van der Waals surface area contributed by atoms with Gasteiger partial charge in [-0.3, -0.25) is 9.69 Å². The highest BCUT2D eigenvalue weighted by Gasteiger charge is 2.24. The van der Waals surface area contributed by atoms with E-state index in [-0.39, 0.29) is 11.9 Å². The van der Waals surface area contributed by atoms with Gasteiger partial charge in [-0.2, -0.15) is 0 Å². The van der Waals surface area contributed by atoms with E-state index in [0.717, 1.165) is 50.7 Å². The minimum absolute atomic E-state index is 0.246. The van der Waals surface area contributed by atoms with Crippen molar-refractivity contribution in [2.24, 2.45) is 0 Å². The molecular weight excluding hydrogens is 426 g/mol. The number of benzene rings is 2. The molecule has 1 aliphatic carbocycles. The first-order valence-corrected chi connectivity index (χ1v) is 11.8. The molecular formula is C27H27N5O2. The first-order chi connectivity index (χ1) is 16.7. The van der Waals surface area contributed by atoms with Crippen molar-refractivity contribution in [2.75, 3.05) is 13.1 Å². The molecule has 34 heavy (non-hydrogen) atoms. The number of rotatable bonds is 5. The second-order valence-corrected chi connectivity index (χ2v) is 9.15. The predicted octanol–water partition coefficient (Wildman–Crippen LogP) is 3.99. The first kappa shape index (κ1) is 20.9. The van der Waals surface area contributed by atoms with Gasteiger partial charge in [0.15, 0.2) is 11.6 Å². The average molecular weight is 454 g/mol. The molecule has 0 fully saturated rings. The van der Waals surface area contributed by atoms with Gasteiger partial charge in [0.1, 0.15) is 5.82 Å². The minimum atomic E-state index is -0.260. The Morgan fingerprint density at radius 1 is 1.03 bits per heavy atom. The molecule has 0 spiro atoms. The Bertz CT molecular complexity index is 1340. The summed E-state index contributed by atoms with van der Waals surface area (Å²) in [6.45, 7) is 5.50. The smallest absolute Gasteiger partial charge is 0.287 e. The SMILES string of the molecule is C[C@@H](NC(=O)c1ccco1)c1nnc2n1CCN(Cc1ccc3c(c1)Cc1ccccc1-3)CC2. The number of carbonyl (C=O) groups excluding carboxylic acids is 1. The normalized spacial score (nSPS) is 15.8. The standard InChI is InChI=1S/C27H27N5O2/c1-18(28-27(33)24-7-4-14-34-24)26-30-29-25-10-11-31(12-13-32(25)26)17-19-8-9-23-21(15-19)16-20-5-2-3-6-22(20)23/h2-9,14-15,18H,10-13,16-17H2,1H3,(H,28,33)/t18-/m1/s1. The lowest BCUT2D eigenvalue weighted by Crippen LogP contribution is -2.30. The Morgan fingerprint density at radius 2 is 1.91 bits per heavy atom. The van der Waals surface area contributed by atoms with Crippen LogP contribution < -0.4 is 5.32 Å². The molecule has 2 aliphatic rings. The lowest BCUT2D eigenvalue weighted by molar-refractivity contribution is 0.0909. The molecule has 7 nitrogen and oxygen atoms in total. The lowest BCUT2D eigenvalue weighted by atomic mass is 10.0. The van der Waals surface area contributed by atoms with Gasteiger partial charge in [-0.15, -0.1) is 10.2 Å². The summed E-state index contributed by atoms with van der Waals surface area (Å²) in [7, 11) is 0. The topological polar surface area (TPSA) is 76.2 Å². The zero-order valence-electron chi connectivity index (χ0n) is 19.2. The van der Waals surface area contributed by atoms with Crippen molar-refractivity contribution in [3.63, 3.8) is 0 Å². The highest BCUT2D eigenvalue weighted by Crippen LogP contribution is 2.36. The Balaban J connectivity index is 1.12. The summed E-state index contributed by atoms with van der Waals surface area (Å²) in [6.07, 6.45) is 3.35. The Kier molecular flexibility index (Phi) is 5.26. The van der Waals surface area contributed by atoms with Crippen molar-refractivity contribution in [3.05, 3.63) is 95.0 Å². The van der Waals surface area contributed by atoms with E-state index in [1.54, 1.807) is 12.1 Å². The van der Waals surface area contributed by atoms with Gasteiger partial charge in [0.2, 0.25) is 0 Å². The Morgan fingerprint density at radius 3 is 2.79 bits per heavy atom. The number of hydrogen-bond acceptors (Lipinski definition) is 5. The third kappa shape index (κ3) is 3.82. The molecule has 172 valence electrons. The van der Waals surface area contributed by atoms with Gasteiger partial charge in [0, 0.05) is 32.6 Å². The molecule has 1 N–H and O–H groups in total. The van der Waals surface area contributed by atoms with Gasteiger partial charge in [0.25, 0.3) is 5.91 Å². The van der Waals surface area contributed by atoms with Gasteiger partial charge in [-0.25, -0.2) is 0 Å². The van der Waals surface area contributed by atoms with Crippen LogP contribution in [0.2, 0.25) is 0 Å². The number of amides is 1. The Labute approximate surface area is 198 Å². The minimum Gasteiger partial charge on any atom is -0.459 e. The van der Waals surface area contributed by atoms with Crippen molar-refractivity contribution < 1.29 is 9.21 Å². The van der Waals surface area contributed by atoms with Crippen molar-refractivity contribution in [2.45, 2.75) is 38.9 Å². The summed E-state index contributed by atoms with van der Waals surface area (Å²) in [5, 5.41) is 11.8. The number of aromatic nitrogens is 3. The maximum Gasteiger partial charge on any atom is 0.287 e. The van der Waals surface area contributed by atoms with E-state index in [1.807, 2.05) is 6.92 Å². The summed E-state index contributed by atoms with van der Waals surface area (Å²) < 4.78 is 7.36. The molecule has 3 heterocycles. The number of nitrogens with one attached hydrogen (secondary N) is 1. The highest BCUT2D eigenvalue weighted by molar-refractivity contribution is 5.91. The van der Waals surface area contributed by atoms with E-state index in [1.165, 1.54) is 34.1 Å². The van der Waals surface area contributed by atoms with Gasteiger partial charge in [-0.1, -0.05) is 42.5 Å². The summed E-state index contributed by atoms with van der Waals surface area (Å²) in [5.74, 6) is 1.81. The molecule has 0 saturated carbocycles. The largest absolute Gasteiger partial charge is 0.459 e. The zero-order valence-corrected chi connectivity index (χ0v) is 19.2. The maximum absolute atomic E-state index is 12.4. The molecule has 1 atom stereocenters. The molecule has 0 bridgehead atoms.